The summed E-state index contributed by atoms with van der Waals surface area (Å²) in [6.07, 6.45) is 8.43. The van der Waals surface area contributed by atoms with Gasteiger partial charge in [0, 0.05) is 24.7 Å². The lowest BCUT2D eigenvalue weighted by Gasteiger charge is -2.22. The molecule has 4 rings (SSSR count). The summed E-state index contributed by atoms with van der Waals surface area (Å²) in [4.78, 5) is 29.0. The number of rotatable bonds is 14. The highest BCUT2D eigenvalue weighted by molar-refractivity contribution is 5.84. The number of amides is 1. The number of benzene rings is 2. The van der Waals surface area contributed by atoms with E-state index in [1.54, 1.807) is 0 Å². The molecule has 0 bridgehead atoms. The lowest BCUT2D eigenvalue weighted by Crippen LogP contribution is -2.39. The van der Waals surface area contributed by atoms with Crippen LogP contribution in [-0.4, -0.2) is 45.2 Å². The zero-order valence-electron chi connectivity index (χ0n) is 24.1. The van der Waals surface area contributed by atoms with Crippen LogP contribution >= 0.6 is 0 Å². The molecule has 1 amide bonds. The molecule has 1 fully saturated rings. The molecule has 1 atom stereocenters. The molecule has 0 spiro atoms. The Morgan fingerprint density at radius 1 is 1.10 bits per heavy atom. The Morgan fingerprint density at radius 2 is 1.85 bits per heavy atom. The van der Waals surface area contributed by atoms with Crippen molar-refractivity contribution in [2.75, 3.05) is 11.9 Å². The maximum absolute atomic E-state index is 12.5. The summed E-state index contributed by atoms with van der Waals surface area (Å²) in [5.41, 5.74) is 3.92. The molecule has 1 unspecified atom stereocenters. The fraction of sp³-hybridized carbons (Fsp3) is 0.531. The summed E-state index contributed by atoms with van der Waals surface area (Å²) in [7, 11) is 0. The second-order valence-electron chi connectivity index (χ2n) is 11.4. The first kappa shape index (κ1) is 29.4. The second-order valence-corrected chi connectivity index (χ2v) is 11.4. The number of unbranched alkanes of at least 4 members (excludes halogenated alkanes) is 1. The van der Waals surface area contributed by atoms with E-state index in [9.17, 15) is 14.7 Å². The van der Waals surface area contributed by atoms with Crippen molar-refractivity contribution in [2.45, 2.75) is 97.2 Å². The number of nitrogens with one attached hydrogen (secondary N) is 2. The van der Waals surface area contributed by atoms with Gasteiger partial charge in [0.25, 0.3) is 0 Å². The Bertz CT molecular complexity index is 1260. The monoisotopic (exact) mass is 548 g/mol. The molecule has 8 heteroatoms. The molecule has 1 aromatic heterocycles. The topological polar surface area (TPSA) is 105 Å². The van der Waals surface area contributed by atoms with Gasteiger partial charge in [-0.05, 0) is 67.5 Å². The maximum Gasteiger partial charge on any atom is 0.344 e. The van der Waals surface area contributed by atoms with Gasteiger partial charge in [-0.25, -0.2) is 9.78 Å². The van der Waals surface area contributed by atoms with Crippen LogP contribution in [0, 0.1) is 5.92 Å². The normalized spacial score (nSPS) is 14.8. The van der Waals surface area contributed by atoms with Crippen molar-refractivity contribution in [3.63, 3.8) is 0 Å². The van der Waals surface area contributed by atoms with Gasteiger partial charge < -0.3 is 25.0 Å². The number of fused-ring (bicyclic) bond motifs is 1. The van der Waals surface area contributed by atoms with E-state index in [-0.39, 0.29) is 18.4 Å². The van der Waals surface area contributed by atoms with Gasteiger partial charge in [-0.3, -0.25) is 4.79 Å². The van der Waals surface area contributed by atoms with Crippen molar-refractivity contribution in [2.24, 2.45) is 5.92 Å². The van der Waals surface area contributed by atoms with Crippen LogP contribution in [0.3, 0.4) is 0 Å². The van der Waals surface area contributed by atoms with Gasteiger partial charge in [0.1, 0.15) is 11.6 Å². The quantitative estimate of drug-likeness (QED) is 0.223. The number of aliphatic carboxylic acids is 1. The Morgan fingerprint density at radius 3 is 2.52 bits per heavy atom. The van der Waals surface area contributed by atoms with E-state index in [2.05, 4.69) is 28.2 Å². The first-order chi connectivity index (χ1) is 19.3. The van der Waals surface area contributed by atoms with E-state index in [4.69, 9.17) is 9.72 Å². The molecule has 0 radical (unpaired) electrons. The highest BCUT2D eigenvalue weighted by Crippen LogP contribution is 2.24. The molecule has 8 nitrogen and oxygen atoms in total. The molecule has 1 aliphatic rings. The number of ether oxygens (including phenoxy) is 1. The number of nitrogens with zero attached hydrogens (tertiary/aromatic N) is 2. The van der Waals surface area contributed by atoms with Gasteiger partial charge in [-0.2, -0.15) is 0 Å². The molecular formula is C32H44N4O4. The molecule has 0 aliphatic heterocycles. The Labute approximate surface area is 237 Å². The van der Waals surface area contributed by atoms with Gasteiger partial charge in [-0.1, -0.05) is 58.6 Å². The number of anilines is 1. The average molecular weight is 549 g/mol. The van der Waals surface area contributed by atoms with Gasteiger partial charge >= 0.3 is 5.97 Å². The average Bonchev–Trinajstić information content (AvgIpc) is 3.27. The summed E-state index contributed by atoms with van der Waals surface area (Å²) < 4.78 is 8.01. The van der Waals surface area contributed by atoms with Crippen LogP contribution in [0.2, 0.25) is 0 Å². The molecule has 1 aliphatic carbocycles. The number of carbonyl (C=O) groups excluding carboxylic acids is 1. The Kier molecular flexibility index (Phi) is 10.4. The number of carbonyl (C=O) groups is 2. The number of hydrogen-bond donors (Lipinski definition) is 3. The third-order valence-electron chi connectivity index (χ3n) is 7.51. The molecule has 1 saturated carbocycles. The number of carboxylic acid groups (broad SMARTS) is 1. The number of aryl methyl sites for hydroxylation is 1. The van der Waals surface area contributed by atoms with Gasteiger partial charge in [-0.15, -0.1) is 0 Å². The zero-order valence-corrected chi connectivity index (χ0v) is 24.1. The van der Waals surface area contributed by atoms with Crippen molar-refractivity contribution in [1.82, 2.24) is 14.9 Å². The van der Waals surface area contributed by atoms with Crippen LogP contribution in [0.15, 0.2) is 42.5 Å². The summed E-state index contributed by atoms with van der Waals surface area (Å²) in [5, 5.41) is 15.9. The minimum Gasteiger partial charge on any atom is -0.479 e. The van der Waals surface area contributed by atoms with Crippen LogP contribution in [-0.2, 0) is 22.6 Å². The van der Waals surface area contributed by atoms with Gasteiger partial charge in [0.2, 0.25) is 5.91 Å². The van der Waals surface area contributed by atoms with E-state index < -0.39 is 12.1 Å². The summed E-state index contributed by atoms with van der Waals surface area (Å²) >= 11 is 0. The van der Waals surface area contributed by atoms with E-state index in [1.165, 1.54) is 19.3 Å². The Balaban J connectivity index is 1.45. The van der Waals surface area contributed by atoms with Crippen LogP contribution in [0.5, 0.6) is 5.75 Å². The minimum absolute atomic E-state index is 0.0347. The summed E-state index contributed by atoms with van der Waals surface area (Å²) in [6.45, 7) is 7.06. The Hall–Kier alpha value is -3.55. The first-order valence-corrected chi connectivity index (χ1v) is 14.8. The SMILES string of the molecule is CCCCc1nc2cc(NCC(=O)NC3CCCCC3)ccc2n1Cc1ccc(OC(CC(C)C)C(=O)O)cc1. The second kappa shape index (κ2) is 14.2. The predicted molar refractivity (Wildman–Crippen MR) is 159 cm³/mol. The summed E-state index contributed by atoms with van der Waals surface area (Å²) in [5.74, 6) is 0.911. The van der Waals surface area contributed by atoms with E-state index in [1.807, 2.05) is 50.2 Å². The molecule has 3 aromatic rings. The fourth-order valence-electron chi connectivity index (χ4n) is 5.35. The first-order valence-electron chi connectivity index (χ1n) is 14.8. The fourth-order valence-corrected chi connectivity index (χ4v) is 5.35. The van der Waals surface area contributed by atoms with Crippen molar-refractivity contribution in [3.8, 4) is 5.75 Å². The third kappa shape index (κ3) is 8.23. The minimum atomic E-state index is -0.943. The lowest BCUT2D eigenvalue weighted by atomic mass is 9.95. The number of imidazole rings is 1. The number of aromatic nitrogens is 2. The molecule has 3 N–H and O–H groups in total. The predicted octanol–water partition coefficient (Wildman–Crippen LogP) is 6.17. The van der Waals surface area contributed by atoms with Crippen molar-refractivity contribution >= 4 is 28.6 Å². The molecule has 216 valence electrons. The third-order valence-corrected chi connectivity index (χ3v) is 7.51. The van der Waals surface area contributed by atoms with E-state index in [0.717, 1.165) is 60.2 Å². The van der Waals surface area contributed by atoms with Crippen molar-refractivity contribution in [1.29, 1.82) is 0 Å². The van der Waals surface area contributed by atoms with Crippen molar-refractivity contribution in [3.05, 3.63) is 53.9 Å². The van der Waals surface area contributed by atoms with Crippen LogP contribution < -0.4 is 15.4 Å². The van der Waals surface area contributed by atoms with Crippen molar-refractivity contribution < 1.29 is 19.4 Å². The molecule has 40 heavy (non-hydrogen) atoms. The molecular weight excluding hydrogens is 504 g/mol. The van der Waals surface area contributed by atoms with E-state index in [0.29, 0.717) is 24.8 Å². The molecule has 0 saturated heterocycles. The molecule has 2 aromatic carbocycles. The molecule has 1 heterocycles. The lowest BCUT2D eigenvalue weighted by molar-refractivity contribution is -0.145. The number of hydrogen-bond acceptors (Lipinski definition) is 5. The highest BCUT2D eigenvalue weighted by Gasteiger charge is 2.21. The summed E-state index contributed by atoms with van der Waals surface area (Å²) in [6, 6.07) is 14.1. The van der Waals surface area contributed by atoms with E-state index >= 15 is 0 Å². The maximum atomic E-state index is 12.5. The van der Waals surface area contributed by atoms with Gasteiger partial charge in [0.05, 0.1) is 17.6 Å². The van der Waals surface area contributed by atoms with Crippen LogP contribution in [0.4, 0.5) is 5.69 Å². The number of carboxylic acids is 1. The van der Waals surface area contributed by atoms with Crippen LogP contribution in [0.1, 0.15) is 83.5 Å². The smallest absolute Gasteiger partial charge is 0.344 e. The highest BCUT2D eigenvalue weighted by atomic mass is 16.5. The zero-order chi connectivity index (χ0) is 28.5. The largest absolute Gasteiger partial charge is 0.479 e. The standard InChI is InChI=1S/C32H44N4O4/c1-4-5-11-30-35-27-19-25(33-20-31(37)34-24-9-7-6-8-10-24)14-17-28(27)36(30)21-23-12-15-26(16-13-23)40-29(32(38)39)18-22(2)3/h12-17,19,22,24,29,33H,4-11,18,20-21H2,1-3H3,(H,34,37)(H,38,39). The van der Waals surface area contributed by atoms with Crippen LogP contribution in [0.25, 0.3) is 11.0 Å². The van der Waals surface area contributed by atoms with Gasteiger partial charge in [0.15, 0.2) is 6.10 Å².